The number of anilines is 4. The van der Waals surface area contributed by atoms with E-state index in [0.717, 1.165) is 12.4 Å². The van der Waals surface area contributed by atoms with Gasteiger partial charge in [0.2, 0.25) is 11.3 Å². The Balaban J connectivity index is 0.000000247. The lowest BCUT2D eigenvalue weighted by molar-refractivity contribution is -0.383. The van der Waals surface area contributed by atoms with Crippen molar-refractivity contribution in [3.63, 3.8) is 0 Å². The summed E-state index contributed by atoms with van der Waals surface area (Å²) >= 11 is 0. The summed E-state index contributed by atoms with van der Waals surface area (Å²) in [6.45, 7) is 22.9. The molecule has 66 heavy (non-hydrogen) atoms. The van der Waals surface area contributed by atoms with Crippen LogP contribution in [0.15, 0.2) is 24.5 Å². The maximum atomic E-state index is 12.3. The maximum absolute atomic E-state index is 12.3. The van der Waals surface area contributed by atoms with Crippen LogP contribution in [0.1, 0.15) is 95.9 Å². The van der Waals surface area contributed by atoms with Gasteiger partial charge in [-0.15, -0.1) is 0 Å². The zero-order chi connectivity index (χ0) is 49.1. The summed E-state index contributed by atoms with van der Waals surface area (Å²) in [6, 6.07) is 2.73. The molecule has 2 fully saturated rings. The van der Waals surface area contributed by atoms with E-state index in [1.807, 2.05) is 9.80 Å². The van der Waals surface area contributed by atoms with Gasteiger partial charge < -0.3 is 39.4 Å². The standard InChI is InChI=1S/2C20H29N7O6/c2*1-19(2,3)32-17(28)22-12-7-8-25(11-12)14-9-15(24-18(29)33-20(4,5)6)26-16(23-14)13(10-21-26)27(30)31/h2*9-10,12H,7-8,11H2,1-6H3,(H,22,28)(H,24,29)/t2*12-/m00/s1. The molecule has 360 valence electrons. The van der Waals surface area contributed by atoms with Gasteiger partial charge in [-0.2, -0.15) is 19.2 Å². The van der Waals surface area contributed by atoms with Crippen LogP contribution in [-0.2, 0) is 18.9 Å². The second kappa shape index (κ2) is 19.1. The lowest BCUT2D eigenvalue weighted by Crippen LogP contribution is -2.40. The van der Waals surface area contributed by atoms with Crippen LogP contribution in [0.4, 0.5) is 53.8 Å². The summed E-state index contributed by atoms with van der Waals surface area (Å²) in [5.74, 6) is 1.12. The van der Waals surface area contributed by atoms with Crippen LogP contribution in [0.2, 0.25) is 0 Å². The number of alkyl carbamates (subject to hydrolysis) is 2. The minimum absolute atomic E-state index is 0.0212. The number of carbonyl (C=O) groups excluding carboxylic acids is 4. The van der Waals surface area contributed by atoms with Crippen molar-refractivity contribution in [1.82, 2.24) is 39.8 Å². The van der Waals surface area contributed by atoms with Gasteiger partial charge in [-0.3, -0.25) is 30.9 Å². The number of aromatic nitrogens is 6. The molecule has 0 aliphatic carbocycles. The summed E-state index contributed by atoms with van der Waals surface area (Å²) in [4.78, 5) is 83.1. The second-order valence-corrected chi connectivity index (χ2v) is 19.5. The molecular weight excluding hydrogens is 869 g/mol. The SMILES string of the molecule is CC(C)(C)OC(=O)Nc1cc(N2CC[C@H](NC(=O)OC(C)(C)C)C2)nc2c([N+](=O)[O-])cnn12.CC(C)(C)OC(=O)Nc1cc(N2CC[C@H](NC(=O)OC(C)(C)C)C2)nc2c([N+](=O)[O-])cnn12. The second-order valence-electron chi connectivity index (χ2n) is 19.5. The van der Waals surface area contributed by atoms with Crippen LogP contribution in [0.3, 0.4) is 0 Å². The predicted octanol–water partition coefficient (Wildman–Crippen LogP) is 6.18. The monoisotopic (exact) mass is 926 g/mol. The first-order chi connectivity index (χ1) is 30.4. The van der Waals surface area contributed by atoms with E-state index < -0.39 is 56.6 Å². The van der Waals surface area contributed by atoms with Crippen molar-refractivity contribution in [2.75, 3.05) is 46.6 Å². The van der Waals surface area contributed by atoms with E-state index in [1.54, 1.807) is 95.2 Å². The first-order valence-electron chi connectivity index (χ1n) is 21.0. The van der Waals surface area contributed by atoms with Crippen molar-refractivity contribution in [3.05, 3.63) is 44.8 Å². The average molecular weight is 927 g/mol. The molecule has 4 N–H and O–H groups in total. The van der Waals surface area contributed by atoms with E-state index in [9.17, 15) is 39.4 Å². The number of fused-ring (bicyclic) bond motifs is 2. The Morgan fingerprint density at radius 3 is 1.20 bits per heavy atom. The highest BCUT2D eigenvalue weighted by Crippen LogP contribution is 2.30. The van der Waals surface area contributed by atoms with Gasteiger partial charge in [0.25, 0.3) is 0 Å². The third-order valence-electron chi connectivity index (χ3n) is 9.00. The molecule has 2 saturated heterocycles. The molecule has 2 atom stereocenters. The van der Waals surface area contributed by atoms with E-state index >= 15 is 0 Å². The third-order valence-corrected chi connectivity index (χ3v) is 9.00. The molecule has 0 bridgehead atoms. The minimum Gasteiger partial charge on any atom is -0.444 e. The third kappa shape index (κ3) is 13.9. The summed E-state index contributed by atoms with van der Waals surface area (Å²) in [6.07, 6.45) is 0.903. The van der Waals surface area contributed by atoms with Crippen molar-refractivity contribution in [2.45, 2.75) is 130 Å². The molecular formula is C40H58N14O12. The van der Waals surface area contributed by atoms with E-state index in [4.69, 9.17) is 18.9 Å². The van der Waals surface area contributed by atoms with Crippen molar-refractivity contribution in [3.8, 4) is 0 Å². The highest BCUT2D eigenvalue weighted by Gasteiger charge is 2.32. The fourth-order valence-corrected chi connectivity index (χ4v) is 6.57. The highest BCUT2D eigenvalue weighted by atomic mass is 16.6. The first-order valence-corrected chi connectivity index (χ1v) is 21.0. The van der Waals surface area contributed by atoms with E-state index in [1.165, 1.54) is 9.03 Å². The van der Waals surface area contributed by atoms with E-state index in [2.05, 4.69) is 41.4 Å². The molecule has 6 heterocycles. The molecule has 4 aromatic rings. The number of amides is 4. The minimum atomic E-state index is -0.731. The highest BCUT2D eigenvalue weighted by molar-refractivity contribution is 5.86. The van der Waals surface area contributed by atoms with Crippen molar-refractivity contribution >= 4 is 70.3 Å². The Kier molecular flexibility index (Phi) is 14.4. The summed E-state index contributed by atoms with van der Waals surface area (Å²) in [5.41, 5.74) is -3.33. The van der Waals surface area contributed by atoms with Crippen LogP contribution < -0.4 is 31.1 Å². The van der Waals surface area contributed by atoms with Crippen LogP contribution in [-0.4, -0.2) is 124 Å². The topological polar surface area (TPSA) is 306 Å². The number of nitrogens with one attached hydrogen (secondary N) is 4. The van der Waals surface area contributed by atoms with Crippen LogP contribution in [0.5, 0.6) is 0 Å². The fourth-order valence-electron chi connectivity index (χ4n) is 6.57. The maximum Gasteiger partial charge on any atom is 0.413 e. The Labute approximate surface area is 379 Å². The Bertz CT molecular complexity index is 2310. The van der Waals surface area contributed by atoms with E-state index in [-0.39, 0.29) is 46.4 Å². The van der Waals surface area contributed by atoms with Crippen LogP contribution in [0.25, 0.3) is 11.3 Å². The van der Waals surface area contributed by atoms with Gasteiger partial charge in [-0.25, -0.2) is 29.1 Å². The Morgan fingerprint density at radius 1 is 0.576 bits per heavy atom. The van der Waals surface area contributed by atoms with Gasteiger partial charge in [-0.05, 0) is 95.9 Å². The lowest BCUT2D eigenvalue weighted by atomic mass is 10.2. The van der Waals surface area contributed by atoms with Gasteiger partial charge in [0.05, 0.1) is 21.9 Å². The zero-order valence-electron chi connectivity index (χ0n) is 39.1. The predicted molar refractivity (Wildman–Crippen MR) is 239 cm³/mol. The zero-order valence-corrected chi connectivity index (χ0v) is 39.1. The number of hydrogen-bond donors (Lipinski definition) is 4. The number of carbonyl (C=O) groups is 4. The van der Waals surface area contributed by atoms with Crippen molar-refractivity contribution < 1.29 is 48.0 Å². The first kappa shape index (κ1) is 49.7. The molecule has 0 saturated carbocycles. The Hall–Kier alpha value is -7.28. The Morgan fingerprint density at radius 2 is 0.894 bits per heavy atom. The molecule has 0 aromatic carbocycles. The van der Waals surface area contributed by atoms with Crippen molar-refractivity contribution in [2.24, 2.45) is 0 Å². The molecule has 26 heteroatoms. The van der Waals surface area contributed by atoms with Gasteiger partial charge >= 0.3 is 35.7 Å². The molecule has 2 aliphatic heterocycles. The number of hydrogen-bond acceptors (Lipinski definition) is 18. The van der Waals surface area contributed by atoms with Gasteiger partial charge in [0.1, 0.15) is 58.1 Å². The molecule has 6 rings (SSSR count). The van der Waals surface area contributed by atoms with Crippen LogP contribution >= 0.6 is 0 Å². The fraction of sp³-hybridized carbons (Fsp3) is 0.600. The molecule has 0 spiro atoms. The molecule has 4 amide bonds. The number of nitro groups is 2. The summed E-state index contributed by atoms with van der Waals surface area (Å²) in [7, 11) is 0. The van der Waals surface area contributed by atoms with Crippen molar-refractivity contribution in [1.29, 1.82) is 0 Å². The summed E-state index contributed by atoms with van der Waals surface area (Å²) in [5, 5.41) is 41.7. The van der Waals surface area contributed by atoms with Crippen LogP contribution in [0, 0.1) is 20.2 Å². The number of nitrogens with zero attached hydrogens (tertiary/aromatic N) is 10. The van der Waals surface area contributed by atoms with E-state index in [0.29, 0.717) is 50.7 Å². The van der Waals surface area contributed by atoms with Gasteiger partial charge in [-0.1, -0.05) is 0 Å². The van der Waals surface area contributed by atoms with Gasteiger partial charge in [0, 0.05) is 38.3 Å². The smallest absolute Gasteiger partial charge is 0.413 e. The number of rotatable bonds is 8. The molecule has 4 aromatic heterocycles. The van der Waals surface area contributed by atoms with Gasteiger partial charge in [0.15, 0.2) is 0 Å². The number of ether oxygens (including phenoxy) is 4. The molecule has 26 nitrogen and oxygen atoms in total. The lowest BCUT2D eigenvalue weighted by Gasteiger charge is -2.23. The molecule has 0 radical (unpaired) electrons. The quantitative estimate of drug-likeness (QED) is 0.0871. The molecule has 2 aliphatic rings. The average Bonchev–Trinajstić information content (AvgIpc) is 3.95. The molecule has 0 unspecified atom stereocenters. The normalized spacial score (nSPS) is 16.5. The largest absolute Gasteiger partial charge is 0.444 e. The summed E-state index contributed by atoms with van der Waals surface area (Å²) < 4.78 is 23.5.